The van der Waals surface area contributed by atoms with Gasteiger partial charge in [-0.05, 0) is 64.1 Å². The van der Waals surface area contributed by atoms with E-state index in [0.29, 0.717) is 16.7 Å². The molecule has 0 saturated heterocycles. The van der Waals surface area contributed by atoms with Crippen molar-refractivity contribution in [3.63, 3.8) is 0 Å². The predicted molar refractivity (Wildman–Crippen MR) is 157 cm³/mol. The molecule has 0 aliphatic carbocycles. The lowest BCUT2D eigenvalue weighted by atomic mass is 10.00. The molecule has 5 aromatic carbocycles. The molecule has 5 heteroatoms. The summed E-state index contributed by atoms with van der Waals surface area (Å²) in [4.78, 5) is 11.8. The van der Waals surface area contributed by atoms with Crippen molar-refractivity contribution in [3.05, 3.63) is 155 Å². The number of ether oxygens (including phenoxy) is 2. The van der Waals surface area contributed by atoms with Crippen LogP contribution in [0.1, 0.15) is 32.6 Å². The fourth-order valence-electron chi connectivity index (χ4n) is 4.72. The Morgan fingerprint density at radius 3 is 2.05 bits per heavy atom. The number of benzene rings is 5. The van der Waals surface area contributed by atoms with Gasteiger partial charge in [0.25, 0.3) is 0 Å². The molecule has 40 heavy (non-hydrogen) atoms. The molecule has 0 radical (unpaired) electrons. The number of carbonyl (C=O) groups excluding carboxylic acids is 1. The highest BCUT2D eigenvalue weighted by Gasteiger charge is 2.33. The van der Waals surface area contributed by atoms with Gasteiger partial charge in [-0.1, -0.05) is 109 Å². The number of hydrogen-bond acceptors (Lipinski definition) is 4. The van der Waals surface area contributed by atoms with E-state index in [-0.39, 0.29) is 13.2 Å². The molecule has 5 rings (SSSR count). The van der Waals surface area contributed by atoms with Gasteiger partial charge in [-0.3, -0.25) is 4.79 Å². The Hall–Kier alpha value is -4.55. The number of hydrogen-bond donors (Lipinski definition) is 2. The number of carbonyl (C=O) groups is 1. The first-order valence-electron chi connectivity index (χ1n) is 13.1. The quantitative estimate of drug-likeness (QED) is 0.192. The molecular weight excluding hydrogens is 498 g/mol. The Balaban J connectivity index is 1.48. The molecule has 5 nitrogen and oxygen atoms in total. The molecule has 0 aromatic heterocycles. The summed E-state index contributed by atoms with van der Waals surface area (Å²) in [7, 11) is 0. The van der Waals surface area contributed by atoms with Crippen LogP contribution >= 0.6 is 0 Å². The second kappa shape index (κ2) is 12.1. The highest BCUT2D eigenvalue weighted by molar-refractivity contribution is 5.93. The summed E-state index contributed by atoms with van der Waals surface area (Å²) in [5.41, 5.74) is 12.8. The summed E-state index contributed by atoms with van der Waals surface area (Å²) in [6, 6.07) is 40.6. The standard InChI is InChI=1S/C35H31NO4/c1-25-19-26(21-31(20-25)34(36)37)23-39-35(38,32-17-10-16-29(22-32)27-11-4-2-5-12-27)40-24-30-15-8-9-18-33(30)28-13-6-3-7-14-28/h2-22,38H,23-24H2,1H3,(H2,36,37). The van der Waals surface area contributed by atoms with Crippen LogP contribution in [0.4, 0.5) is 0 Å². The summed E-state index contributed by atoms with van der Waals surface area (Å²) in [5, 5.41) is 11.9. The lowest BCUT2D eigenvalue weighted by Crippen LogP contribution is -2.33. The summed E-state index contributed by atoms with van der Waals surface area (Å²) in [6.45, 7) is 1.97. The van der Waals surface area contributed by atoms with Crippen LogP contribution in [0.15, 0.2) is 127 Å². The molecule has 3 N–H and O–H groups in total. The number of rotatable bonds is 10. The van der Waals surface area contributed by atoms with Crippen molar-refractivity contribution in [1.82, 2.24) is 0 Å². The van der Waals surface area contributed by atoms with Crippen molar-refractivity contribution in [2.45, 2.75) is 26.1 Å². The lowest BCUT2D eigenvalue weighted by molar-refractivity contribution is -0.382. The van der Waals surface area contributed by atoms with Gasteiger partial charge in [0.15, 0.2) is 0 Å². The van der Waals surface area contributed by atoms with Crippen LogP contribution in [-0.4, -0.2) is 11.0 Å². The van der Waals surface area contributed by atoms with Gasteiger partial charge < -0.3 is 20.3 Å². The average Bonchev–Trinajstić information content (AvgIpc) is 3.00. The SMILES string of the molecule is Cc1cc(COC(O)(OCc2ccccc2-c2ccccc2)c2cccc(-c3ccccc3)c2)cc(C(N)=O)c1. The highest BCUT2D eigenvalue weighted by Crippen LogP contribution is 2.33. The summed E-state index contributed by atoms with van der Waals surface area (Å²) >= 11 is 0. The van der Waals surface area contributed by atoms with Crippen molar-refractivity contribution >= 4 is 5.91 Å². The average molecular weight is 530 g/mol. The second-order valence-corrected chi connectivity index (χ2v) is 9.70. The van der Waals surface area contributed by atoms with Crippen molar-refractivity contribution in [2.75, 3.05) is 0 Å². The van der Waals surface area contributed by atoms with E-state index in [1.165, 1.54) is 0 Å². The monoisotopic (exact) mass is 529 g/mol. The maximum absolute atomic E-state index is 11.9. The van der Waals surface area contributed by atoms with Crippen molar-refractivity contribution in [3.8, 4) is 22.3 Å². The van der Waals surface area contributed by atoms with Crippen LogP contribution in [0.5, 0.6) is 0 Å². The third-order valence-electron chi connectivity index (χ3n) is 6.72. The normalized spacial score (nSPS) is 12.6. The minimum absolute atomic E-state index is 0.00560. The molecule has 0 saturated carbocycles. The van der Waals surface area contributed by atoms with E-state index in [0.717, 1.165) is 33.4 Å². The van der Waals surface area contributed by atoms with E-state index in [1.807, 2.05) is 116 Å². The number of primary amides is 1. The molecule has 0 aliphatic heterocycles. The van der Waals surface area contributed by atoms with E-state index in [9.17, 15) is 9.90 Å². The number of nitrogens with two attached hydrogens (primary N) is 1. The minimum Gasteiger partial charge on any atom is -0.366 e. The second-order valence-electron chi connectivity index (χ2n) is 9.70. The fourth-order valence-corrected chi connectivity index (χ4v) is 4.72. The molecule has 5 aromatic rings. The zero-order valence-corrected chi connectivity index (χ0v) is 22.3. The van der Waals surface area contributed by atoms with Crippen LogP contribution < -0.4 is 5.73 Å². The molecule has 1 atom stereocenters. The van der Waals surface area contributed by atoms with E-state index >= 15 is 0 Å². The Morgan fingerprint density at radius 1 is 0.700 bits per heavy atom. The number of amides is 1. The lowest BCUT2D eigenvalue weighted by Gasteiger charge is -2.29. The Kier molecular flexibility index (Phi) is 8.18. The largest absolute Gasteiger partial charge is 0.366 e. The predicted octanol–water partition coefficient (Wildman–Crippen LogP) is 6.96. The fraction of sp³-hybridized carbons (Fsp3) is 0.114. The maximum Gasteiger partial charge on any atom is 0.310 e. The highest BCUT2D eigenvalue weighted by atomic mass is 16.8. The van der Waals surface area contributed by atoms with E-state index in [1.54, 1.807) is 18.2 Å². The molecule has 0 spiro atoms. The topological polar surface area (TPSA) is 81.8 Å². The van der Waals surface area contributed by atoms with Gasteiger partial charge >= 0.3 is 5.97 Å². The molecule has 1 amide bonds. The van der Waals surface area contributed by atoms with E-state index in [2.05, 4.69) is 0 Å². The molecule has 0 bridgehead atoms. The molecule has 1 unspecified atom stereocenters. The van der Waals surface area contributed by atoms with Crippen molar-refractivity contribution < 1.29 is 19.4 Å². The van der Waals surface area contributed by atoms with Crippen LogP contribution in [0.25, 0.3) is 22.3 Å². The summed E-state index contributed by atoms with van der Waals surface area (Å²) < 4.78 is 12.4. The Bertz CT molecular complexity index is 1600. The van der Waals surface area contributed by atoms with Gasteiger partial charge in [0, 0.05) is 11.1 Å². The molecule has 200 valence electrons. The molecule has 0 heterocycles. The first-order chi connectivity index (χ1) is 19.4. The number of aliphatic hydroxyl groups is 1. The smallest absolute Gasteiger partial charge is 0.310 e. The van der Waals surface area contributed by atoms with Gasteiger partial charge in [-0.15, -0.1) is 0 Å². The van der Waals surface area contributed by atoms with Gasteiger partial charge in [0.1, 0.15) is 0 Å². The van der Waals surface area contributed by atoms with Crippen LogP contribution in [0.3, 0.4) is 0 Å². The maximum atomic E-state index is 11.9. The van der Waals surface area contributed by atoms with E-state index < -0.39 is 11.9 Å². The zero-order valence-electron chi connectivity index (χ0n) is 22.3. The third kappa shape index (κ3) is 6.35. The van der Waals surface area contributed by atoms with Gasteiger partial charge in [0.2, 0.25) is 5.91 Å². The third-order valence-corrected chi connectivity index (χ3v) is 6.72. The first-order valence-corrected chi connectivity index (χ1v) is 13.1. The van der Waals surface area contributed by atoms with Gasteiger partial charge in [-0.25, -0.2) is 0 Å². The Morgan fingerprint density at radius 2 is 1.32 bits per heavy atom. The zero-order chi connectivity index (χ0) is 28.0. The number of aryl methyl sites for hydroxylation is 1. The molecular formula is C35H31NO4. The first kappa shape index (κ1) is 27.0. The molecule has 0 fully saturated rings. The Labute approximate surface area is 234 Å². The van der Waals surface area contributed by atoms with Crippen molar-refractivity contribution in [2.24, 2.45) is 5.73 Å². The van der Waals surface area contributed by atoms with Gasteiger partial charge in [-0.2, -0.15) is 0 Å². The molecule has 0 aliphatic rings. The van der Waals surface area contributed by atoms with E-state index in [4.69, 9.17) is 15.2 Å². The summed E-state index contributed by atoms with van der Waals surface area (Å²) in [6.07, 6.45) is 0. The van der Waals surface area contributed by atoms with Crippen LogP contribution in [0.2, 0.25) is 0 Å². The van der Waals surface area contributed by atoms with Crippen LogP contribution in [-0.2, 0) is 28.7 Å². The van der Waals surface area contributed by atoms with Gasteiger partial charge in [0.05, 0.1) is 13.2 Å². The minimum atomic E-state index is -2.08. The summed E-state index contributed by atoms with van der Waals surface area (Å²) in [5.74, 6) is -2.60. The van der Waals surface area contributed by atoms with Crippen LogP contribution in [0, 0.1) is 6.92 Å². The van der Waals surface area contributed by atoms with Crippen molar-refractivity contribution in [1.29, 1.82) is 0 Å².